The summed E-state index contributed by atoms with van der Waals surface area (Å²) in [6.07, 6.45) is 0. The minimum atomic E-state index is -0.431. The molecule has 0 bridgehead atoms. The molecule has 5 rings (SSSR count). The predicted octanol–water partition coefficient (Wildman–Crippen LogP) is 4.83. The van der Waals surface area contributed by atoms with Crippen LogP contribution in [0.15, 0.2) is 66.4 Å². The average molecular weight is 456 g/mol. The molecule has 1 N–H and O–H groups in total. The highest BCUT2D eigenvalue weighted by Crippen LogP contribution is 2.38. The van der Waals surface area contributed by atoms with Crippen molar-refractivity contribution in [2.24, 2.45) is 0 Å². The third kappa shape index (κ3) is 3.75. The monoisotopic (exact) mass is 456 g/mol. The van der Waals surface area contributed by atoms with E-state index in [0.717, 1.165) is 11.1 Å². The van der Waals surface area contributed by atoms with E-state index < -0.39 is 5.91 Å². The Labute approximate surface area is 197 Å². The number of nitrogens with zero attached hydrogens (tertiary/aromatic N) is 1. The highest BCUT2D eigenvalue weighted by molar-refractivity contribution is 6.46. The maximum atomic E-state index is 13.6. The first-order valence-electron chi connectivity index (χ1n) is 11.1. The van der Waals surface area contributed by atoms with E-state index in [9.17, 15) is 9.59 Å². The number of aryl methyl sites for hydroxylation is 2. The van der Waals surface area contributed by atoms with Crippen molar-refractivity contribution < 1.29 is 23.8 Å². The van der Waals surface area contributed by atoms with E-state index in [1.807, 2.05) is 39.0 Å². The van der Waals surface area contributed by atoms with Crippen LogP contribution >= 0.6 is 0 Å². The van der Waals surface area contributed by atoms with Gasteiger partial charge in [0, 0.05) is 11.8 Å². The van der Waals surface area contributed by atoms with Gasteiger partial charge >= 0.3 is 0 Å². The van der Waals surface area contributed by atoms with E-state index in [0.29, 0.717) is 46.4 Å². The highest BCUT2D eigenvalue weighted by atomic mass is 16.7. The normalized spacial score (nSPS) is 14.7. The van der Waals surface area contributed by atoms with Crippen molar-refractivity contribution in [3.05, 3.63) is 83.1 Å². The van der Waals surface area contributed by atoms with Crippen LogP contribution in [0.2, 0.25) is 0 Å². The van der Waals surface area contributed by atoms with Gasteiger partial charge in [0.1, 0.15) is 11.4 Å². The predicted molar refractivity (Wildman–Crippen MR) is 129 cm³/mol. The fraction of sp³-hybridized carbons (Fsp3) is 0.185. The summed E-state index contributed by atoms with van der Waals surface area (Å²) < 4.78 is 16.3. The number of ether oxygens (including phenoxy) is 3. The fourth-order valence-electron chi connectivity index (χ4n) is 4.02. The average Bonchev–Trinajstić information content (AvgIpc) is 3.39. The van der Waals surface area contributed by atoms with Gasteiger partial charge in [-0.05, 0) is 73.9 Å². The summed E-state index contributed by atoms with van der Waals surface area (Å²) >= 11 is 0. The molecule has 0 spiro atoms. The second-order valence-electron chi connectivity index (χ2n) is 8.11. The Morgan fingerprint density at radius 2 is 1.65 bits per heavy atom. The second kappa shape index (κ2) is 8.59. The van der Waals surface area contributed by atoms with E-state index in [2.05, 4.69) is 5.32 Å². The van der Waals surface area contributed by atoms with Crippen molar-refractivity contribution in [1.29, 1.82) is 0 Å². The zero-order valence-electron chi connectivity index (χ0n) is 19.2. The summed E-state index contributed by atoms with van der Waals surface area (Å²) in [5.74, 6) is 1.07. The van der Waals surface area contributed by atoms with E-state index in [4.69, 9.17) is 14.2 Å². The number of rotatable bonds is 6. The van der Waals surface area contributed by atoms with Gasteiger partial charge in [0.25, 0.3) is 11.8 Å². The molecule has 0 fully saturated rings. The third-order valence-corrected chi connectivity index (χ3v) is 5.93. The number of fused-ring (bicyclic) bond motifs is 1. The number of amides is 2. The SMILES string of the molecule is CCOc1ccc(N2C(=O)C(Nc3ccc4c(c3)OCO4)=C(c3ccc(C)c(C)c3)C2=O)cc1. The molecule has 0 aliphatic carbocycles. The zero-order valence-corrected chi connectivity index (χ0v) is 19.2. The van der Waals surface area contributed by atoms with E-state index in [-0.39, 0.29) is 18.4 Å². The van der Waals surface area contributed by atoms with Gasteiger partial charge in [-0.1, -0.05) is 18.2 Å². The van der Waals surface area contributed by atoms with Crippen LogP contribution in [0.3, 0.4) is 0 Å². The minimum absolute atomic E-state index is 0.151. The number of imide groups is 1. The van der Waals surface area contributed by atoms with Gasteiger partial charge in [-0.15, -0.1) is 0 Å². The Hall–Kier alpha value is -4.26. The quantitative estimate of drug-likeness (QED) is 0.536. The molecule has 0 atom stereocenters. The van der Waals surface area contributed by atoms with Gasteiger partial charge in [-0.2, -0.15) is 0 Å². The zero-order chi connectivity index (χ0) is 23.8. The van der Waals surface area contributed by atoms with Crippen molar-refractivity contribution in [3.8, 4) is 17.2 Å². The first-order chi connectivity index (χ1) is 16.5. The lowest BCUT2D eigenvalue weighted by molar-refractivity contribution is -0.120. The fourth-order valence-corrected chi connectivity index (χ4v) is 4.02. The van der Waals surface area contributed by atoms with Crippen LogP contribution in [0.25, 0.3) is 5.57 Å². The smallest absolute Gasteiger partial charge is 0.282 e. The number of carbonyl (C=O) groups excluding carboxylic acids is 2. The number of hydrogen-bond donors (Lipinski definition) is 1. The molecule has 0 aromatic heterocycles. The van der Waals surface area contributed by atoms with Crippen molar-refractivity contribution in [1.82, 2.24) is 0 Å². The van der Waals surface area contributed by atoms with Gasteiger partial charge < -0.3 is 19.5 Å². The van der Waals surface area contributed by atoms with Crippen LogP contribution in [-0.4, -0.2) is 25.2 Å². The minimum Gasteiger partial charge on any atom is -0.494 e. The summed E-state index contributed by atoms with van der Waals surface area (Å²) in [7, 11) is 0. The molecule has 0 saturated carbocycles. The van der Waals surface area contributed by atoms with Gasteiger partial charge in [-0.3, -0.25) is 9.59 Å². The molecular weight excluding hydrogens is 432 g/mol. The van der Waals surface area contributed by atoms with Crippen LogP contribution in [0.1, 0.15) is 23.6 Å². The molecule has 7 nitrogen and oxygen atoms in total. The standard InChI is InChI=1S/C27H24N2O5/c1-4-32-21-10-8-20(9-11-21)29-26(30)24(18-6-5-16(2)17(3)13-18)25(27(29)31)28-19-7-12-22-23(14-19)34-15-33-22/h5-14,28H,4,15H2,1-3H3. The molecule has 7 heteroatoms. The number of carbonyl (C=O) groups is 2. The Balaban J connectivity index is 1.57. The number of hydrogen-bond acceptors (Lipinski definition) is 6. The van der Waals surface area contributed by atoms with Crippen LogP contribution in [0, 0.1) is 13.8 Å². The Morgan fingerprint density at radius 3 is 2.38 bits per heavy atom. The van der Waals surface area contributed by atoms with Crippen molar-refractivity contribution in [3.63, 3.8) is 0 Å². The number of anilines is 2. The molecule has 2 amide bonds. The van der Waals surface area contributed by atoms with Crippen LogP contribution < -0.4 is 24.4 Å². The summed E-state index contributed by atoms with van der Waals surface area (Å²) in [5, 5.41) is 3.17. The number of nitrogens with one attached hydrogen (secondary N) is 1. The lowest BCUT2D eigenvalue weighted by atomic mass is 9.99. The van der Waals surface area contributed by atoms with E-state index in [1.165, 1.54) is 4.90 Å². The van der Waals surface area contributed by atoms with Gasteiger partial charge in [0.15, 0.2) is 11.5 Å². The van der Waals surface area contributed by atoms with Gasteiger partial charge in [0.2, 0.25) is 6.79 Å². The molecule has 0 saturated heterocycles. The van der Waals surface area contributed by atoms with Crippen molar-refractivity contribution in [2.75, 3.05) is 23.6 Å². The molecule has 2 aliphatic rings. The summed E-state index contributed by atoms with van der Waals surface area (Å²) in [6, 6.07) is 18.0. The molecule has 172 valence electrons. The molecule has 3 aromatic rings. The molecule has 2 heterocycles. The lowest BCUT2D eigenvalue weighted by Crippen LogP contribution is -2.32. The third-order valence-electron chi connectivity index (χ3n) is 5.93. The van der Waals surface area contributed by atoms with Crippen molar-refractivity contribution in [2.45, 2.75) is 20.8 Å². The summed E-state index contributed by atoms with van der Waals surface area (Å²) in [5.41, 5.74) is 4.44. The van der Waals surface area contributed by atoms with Crippen molar-refractivity contribution >= 4 is 28.8 Å². The number of benzene rings is 3. The molecule has 0 unspecified atom stereocenters. The molecule has 0 radical (unpaired) electrons. The van der Waals surface area contributed by atoms with E-state index in [1.54, 1.807) is 42.5 Å². The summed E-state index contributed by atoms with van der Waals surface area (Å²) in [4.78, 5) is 28.4. The maximum absolute atomic E-state index is 13.6. The molecule has 3 aromatic carbocycles. The highest BCUT2D eigenvalue weighted by Gasteiger charge is 2.40. The first kappa shape index (κ1) is 21.6. The molecule has 2 aliphatic heterocycles. The Bertz CT molecular complexity index is 1330. The van der Waals surface area contributed by atoms with Crippen LogP contribution in [-0.2, 0) is 9.59 Å². The largest absolute Gasteiger partial charge is 0.494 e. The van der Waals surface area contributed by atoms with E-state index >= 15 is 0 Å². The van der Waals surface area contributed by atoms with Crippen LogP contribution in [0.4, 0.5) is 11.4 Å². The second-order valence-corrected chi connectivity index (χ2v) is 8.11. The Morgan fingerprint density at radius 1 is 0.882 bits per heavy atom. The topological polar surface area (TPSA) is 77.1 Å². The first-order valence-corrected chi connectivity index (χ1v) is 11.1. The van der Waals surface area contributed by atoms with Crippen LogP contribution in [0.5, 0.6) is 17.2 Å². The maximum Gasteiger partial charge on any atom is 0.282 e. The lowest BCUT2D eigenvalue weighted by Gasteiger charge is -2.16. The molecular formula is C27H24N2O5. The summed E-state index contributed by atoms with van der Waals surface area (Å²) in [6.45, 7) is 6.57. The molecule has 34 heavy (non-hydrogen) atoms. The van der Waals surface area contributed by atoms with Gasteiger partial charge in [-0.25, -0.2) is 4.90 Å². The van der Waals surface area contributed by atoms with Gasteiger partial charge in [0.05, 0.1) is 17.9 Å². The Kier molecular flexibility index (Phi) is 5.45.